The van der Waals surface area contributed by atoms with E-state index < -0.39 is 5.97 Å². The molecule has 0 amide bonds. The van der Waals surface area contributed by atoms with Crippen LogP contribution in [0.25, 0.3) is 0 Å². The number of nitrogens with zero attached hydrogens (tertiary/aromatic N) is 1. The van der Waals surface area contributed by atoms with E-state index in [-0.39, 0.29) is 11.8 Å². The number of hydrogen-bond acceptors (Lipinski definition) is 4. The molecule has 1 heterocycles. The molecule has 14 heavy (non-hydrogen) atoms. The standard InChI is InChI=1S/C10H15NO3/c1-7(11(2)3)8-5-6-9(14-8)10(12)13-4/h5-7H,1-4H3/t7-/m1/s1. The number of ether oxygens (including phenoxy) is 1. The zero-order valence-corrected chi connectivity index (χ0v) is 8.90. The Balaban J connectivity index is 2.82. The summed E-state index contributed by atoms with van der Waals surface area (Å²) in [6.45, 7) is 2.00. The van der Waals surface area contributed by atoms with Crippen molar-refractivity contribution in [3.8, 4) is 0 Å². The van der Waals surface area contributed by atoms with E-state index in [0.29, 0.717) is 0 Å². The summed E-state index contributed by atoms with van der Waals surface area (Å²) in [4.78, 5) is 13.1. The van der Waals surface area contributed by atoms with Crippen LogP contribution in [0, 0.1) is 0 Å². The van der Waals surface area contributed by atoms with Crippen LogP contribution in [-0.2, 0) is 4.74 Å². The molecular formula is C10H15NO3. The molecule has 1 atom stereocenters. The maximum Gasteiger partial charge on any atom is 0.373 e. The van der Waals surface area contributed by atoms with Crippen LogP contribution in [-0.4, -0.2) is 32.1 Å². The Labute approximate surface area is 83.5 Å². The number of hydrogen-bond donors (Lipinski definition) is 0. The van der Waals surface area contributed by atoms with Gasteiger partial charge in [0.2, 0.25) is 5.76 Å². The highest BCUT2D eigenvalue weighted by Gasteiger charge is 2.16. The molecule has 78 valence electrons. The molecule has 0 spiro atoms. The Morgan fingerprint density at radius 1 is 1.50 bits per heavy atom. The summed E-state index contributed by atoms with van der Waals surface area (Å²) in [7, 11) is 5.23. The first-order valence-electron chi connectivity index (χ1n) is 4.40. The van der Waals surface area contributed by atoms with Crippen molar-refractivity contribution in [1.29, 1.82) is 0 Å². The minimum absolute atomic E-state index is 0.147. The van der Waals surface area contributed by atoms with Gasteiger partial charge in [0.1, 0.15) is 5.76 Å². The van der Waals surface area contributed by atoms with Gasteiger partial charge in [0.05, 0.1) is 13.2 Å². The zero-order valence-electron chi connectivity index (χ0n) is 8.90. The van der Waals surface area contributed by atoms with Gasteiger partial charge < -0.3 is 9.15 Å². The van der Waals surface area contributed by atoms with Gasteiger partial charge in [-0.15, -0.1) is 0 Å². The van der Waals surface area contributed by atoms with Crippen molar-refractivity contribution < 1.29 is 13.9 Å². The Bertz CT molecular complexity index is 317. The number of rotatable bonds is 3. The summed E-state index contributed by atoms with van der Waals surface area (Å²) < 4.78 is 9.89. The molecule has 0 saturated carbocycles. The molecule has 0 aliphatic rings. The molecule has 1 aromatic heterocycles. The second-order valence-electron chi connectivity index (χ2n) is 3.33. The number of furan rings is 1. The fraction of sp³-hybridized carbons (Fsp3) is 0.500. The van der Waals surface area contributed by atoms with Gasteiger partial charge in [-0.2, -0.15) is 0 Å². The highest BCUT2D eigenvalue weighted by molar-refractivity contribution is 5.86. The van der Waals surface area contributed by atoms with Crippen molar-refractivity contribution in [2.24, 2.45) is 0 Å². The summed E-state index contributed by atoms with van der Waals surface area (Å²) in [5.74, 6) is 0.564. The average molecular weight is 197 g/mol. The van der Waals surface area contributed by atoms with Crippen LogP contribution in [0.5, 0.6) is 0 Å². The molecule has 0 saturated heterocycles. The third kappa shape index (κ3) is 2.14. The molecule has 1 rings (SSSR count). The van der Waals surface area contributed by atoms with Gasteiger partial charge in [0.15, 0.2) is 0 Å². The molecule has 4 nitrogen and oxygen atoms in total. The van der Waals surface area contributed by atoms with Crippen molar-refractivity contribution in [2.75, 3.05) is 21.2 Å². The maximum atomic E-state index is 11.1. The SMILES string of the molecule is COC(=O)c1ccc([C@@H](C)N(C)C)o1. The predicted octanol–water partition coefficient (Wildman–Crippen LogP) is 1.69. The number of carbonyl (C=O) groups is 1. The summed E-state index contributed by atoms with van der Waals surface area (Å²) in [5.41, 5.74) is 0. The van der Waals surface area contributed by atoms with E-state index in [1.54, 1.807) is 12.1 Å². The number of carbonyl (C=O) groups excluding carboxylic acids is 1. The second-order valence-corrected chi connectivity index (χ2v) is 3.33. The summed E-state index contributed by atoms with van der Waals surface area (Å²) in [5, 5.41) is 0. The van der Waals surface area contributed by atoms with Crippen molar-refractivity contribution in [1.82, 2.24) is 4.90 Å². The van der Waals surface area contributed by atoms with E-state index in [4.69, 9.17) is 4.42 Å². The Morgan fingerprint density at radius 2 is 2.14 bits per heavy atom. The van der Waals surface area contributed by atoms with Crippen molar-refractivity contribution in [2.45, 2.75) is 13.0 Å². The van der Waals surface area contributed by atoms with Gasteiger partial charge in [0.25, 0.3) is 0 Å². The molecule has 0 unspecified atom stereocenters. The molecule has 0 N–H and O–H groups in total. The molecule has 4 heteroatoms. The van der Waals surface area contributed by atoms with Crippen LogP contribution < -0.4 is 0 Å². The van der Waals surface area contributed by atoms with Crippen LogP contribution in [0.4, 0.5) is 0 Å². The monoisotopic (exact) mass is 197 g/mol. The molecule has 0 aliphatic carbocycles. The summed E-state index contributed by atoms with van der Waals surface area (Å²) >= 11 is 0. The summed E-state index contributed by atoms with van der Waals surface area (Å²) in [6, 6.07) is 3.56. The molecule has 1 aromatic rings. The lowest BCUT2D eigenvalue weighted by atomic mass is 10.2. The molecule has 0 fully saturated rings. The summed E-state index contributed by atoms with van der Waals surface area (Å²) in [6.07, 6.45) is 0. The highest BCUT2D eigenvalue weighted by atomic mass is 16.5. The van der Waals surface area contributed by atoms with E-state index in [1.165, 1.54) is 7.11 Å². The lowest BCUT2D eigenvalue weighted by Gasteiger charge is -2.16. The normalized spacial score (nSPS) is 12.9. The van der Waals surface area contributed by atoms with Crippen LogP contribution in [0.15, 0.2) is 16.5 Å². The quantitative estimate of drug-likeness (QED) is 0.691. The van der Waals surface area contributed by atoms with Gasteiger partial charge in [-0.3, -0.25) is 4.90 Å². The van der Waals surface area contributed by atoms with Gasteiger partial charge >= 0.3 is 5.97 Å². The topological polar surface area (TPSA) is 42.7 Å². The van der Waals surface area contributed by atoms with E-state index in [0.717, 1.165) is 5.76 Å². The van der Waals surface area contributed by atoms with Crippen molar-refractivity contribution in [3.05, 3.63) is 23.7 Å². The third-order valence-corrected chi connectivity index (χ3v) is 2.20. The van der Waals surface area contributed by atoms with E-state index in [2.05, 4.69) is 4.74 Å². The van der Waals surface area contributed by atoms with Gasteiger partial charge in [0, 0.05) is 0 Å². The van der Waals surface area contributed by atoms with Gasteiger partial charge in [-0.25, -0.2) is 4.79 Å². The van der Waals surface area contributed by atoms with Crippen molar-refractivity contribution in [3.63, 3.8) is 0 Å². The fourth-order valence-corrected chi connectivity index (χ4v) is 1.04. The number of esters is 1. The first-order chi connectivity index (χ1) is 6.56. The van der Waals surface area contributed by atoms with Crippen LogP contribution >= 0.6 is 0 Å². The van der Waals surface area contributed by atoms with E-state index in [1.807, 2.05) is 25.9 Å². The third-order valence-electron chi connectivity index (χ3n) is 2.20. The lowest BCUT2D eigenvalue weighted by molar-refractivity contribution is 0.0560. The minimum atomic E-state index is -0.442. The fourth-order valence-electron chi connectivity index (χ4n) is 1.04. The lowest BCUT2D eigenvalue weighted by Crippen LogP contribution is -2.16. The first kappa shape index (κ1) is 10.8. The Hall–Kier alpha value is -1.29. The Kier molecular flexibility index (Phi) is 3.30. The smallest absolute Gasteiger partial charge is 0.373 e. The molecule has 0 aliphatic heterocycles. The Morgan fingerprint density at radius 3 is 2.64 bits per heavy atom. The van der Waals surface area contributed by atoms with E-state index >= 15 is 0 Å². The maximum absolute atomic E-state index is 11.1. The predicted molar refractivity (Wildman–Crippen MR) is 52.1 cm³/mol. The first-order valence-corrected chi connectivity index (χ1v) is 4.40. The molecular weight excluding hydrogens is 182 g/mol. The molecule has 0 aromatic carbocycles. The average Bonchev–Trinajstić information content (AvgIpc) is 2.64. The van der Waals surface area contributed by atoms with Crippen LogP contribution in [0.1, 0.15) is 29.3 Å². The van der Waals surface area contributed by atoms with Gasteiger partial charge in [-0.1, -0.05) is 0 Å². The highest BCUT2D eigenvalue weighted by Crippen LogP contribution is 2.20. The van der Waals surface area contributed by atoms with Gasteiger partial charge in [-0.05, 0) is 33.2 Å². The van der Waals surface area contributed by atoms with E-state index in [9.17, 15) is 4.79 Å². The zero-order chi connectivity index (χ0) is 10.7. The molecule has 0 bridgehead atoms. The van der Waals surface area contributed by atoms with Crippen molar-refractivity contribution >= 4 is 5.97 Å². The second kappa shape index (κ2) is 4.28. The largest absolute Gasteiger partial charge is 0.463 e. The molecule has 0 radical (unpaired) electrons. The van der Waals surface area contributed by atoms with Crippen LogP contribution in [0.3, 0.4) is 0 Å². The number of methoxy groups -OCH3 is 1. The minimum Gasteiger partial charge on any atom is -0.463 e. The van der Waals surface area contributed by atoms with Crippen LogP contribution in [0.2, 0.25) is 0 Å².